The fourth-order valence-electron chi connectivity index (χ4n) is 3.95. The summed E-state index contributed by atoms with van der Waals surface area (Å²) in [6.07, 6.45) is 2.90. The van der Waals surface area contributed by atoms with Gasteiger partial charge in [-0.05, 0) is 37.3 Å². The molecule has 1 fully saturated rings. The predicted octanol–water partition coefficient (Wildman–Crippen LogP) is 2.03. The van der Waals surface area contributed by atoms with Gasteiger partial charge in [0.1, 0.15) is 12.3 Å². The van der Waals surface area contributed by atoms with Crippen molar-refractivity contribution in [3.8, 4) is 5.75 Å². The van der Waals surface area contributed by atoms with Crippen LogP contribution >= 0.6 is 0 Å². The van der Waals surface area contributed by atoms with Crippen LogP contribution in [-0.2, 0) is 17.6 Å². The third-order valence-electron chi connectivity index (χ3n) is 5.48. The van der Waals surface area contributed by atoms with Gasteiger partial charge in [-0.2, -0.15) is 5.10 Å². The molecule has 2 amide bonds. The Labute approximate surface area is 158 Å². The fraction of sp³-hybridized carbons (Fsp3) is 0.450. The maximum Gasteiger partial charge on any atom is 0.275 e. The van der Waals surface area contributed by atoms with Gasteiger partial charge in [-0.25, -0.2) is 0 Å². The van der Waals surface area contributed by atoms with Crippen LogP contribution in [0.25, 0.3) is 0 Å². The second-order valence-electron chi connectivity index (χ2n) is 7.32. The molecule has 1 aliphatic heterocycles. The van der Waals surface area contributed by atoms with E-state index in [1.54, 1.807) is 16.9 Å². The number of anilines is 1. The molecular weight excluding hydrogens is 344 g/mol. The average Bonchev–Trinajstić information content (AvgIpc) is 3.10. The number of methoxy groups -OCH3 is 1. The van der Waals surface area contributed by atoms with E-state index >= 15 is 0 Å². The molecule has 0 saturated carbocycles. The first-order valence-corrected chi connectivity index (χ1v) is 9.37. The number of piperazine rings is 1. The van der Waals surface area contributed by atoms with Crippen LogP contribution in [0.4, 0.5) is 5.69 Å². The van der Waals surface area contributed by atoms with Crippen molar-refractivity contribution in [2.75, 3.05) is 31.6 Å². The summed E-state index contributed by atoms with van der Waals surface area (Å²) in [5.74, 6) is 0.929. The van der Waals surface area contributed by atoms with E-state index in [2.05, 4.69) is 17.1 Å². The van der Waals surface area contributed by atoms with E-state index in [1.165, 1.54) is 0 Å². The lowest BCUT2D eigenvalue weighted by atomic mass is 9.87. The van der Waals surface area contributed by atoms with Crippen LogP contribution in [0.15, 0.2) is 24.3 Å². The van der Waals surface area contributed by atoms with Crippen LogP contribution in [-0.4, -0.2) is 53.7 Å². The van der Waals surface area contributed by atoms with E-state index in [9.17, 15) is 9.59 Å². The Morgan fingerprint density at radius 3 is 2.89 bits per heavy atom. The number of rotatable bonds is 3. The summed E-state index contributed by atoms with van der Waals surface area (Å²) in [4.78, 5) is 29.0. The molecule has 2 heterocycles. The lowest BCUT2D eigenvalue weighted by Gasteiger charge is -2.34. The number of H-pyrrole nitrogens is 1. The number of hydrogen-bond acceptors (Lipinski definition) is 4. The maximum absolute atomic E-state index is 13.0. The SMILES string of the molecule is COc1ccccc1N1CCN(C(=O)c2n[nH]c3c2C[C@@H](C)CC3)CC1=O. The number of nitrogens with zero attached hydrogens (tertiary/aromatic N) is 3. The summed E-state index contributed by atoms with van der Waals surface area (Å²) < 4.78 is 5.36. The normalized spacial score (nSPS) is 19.8. The van der Waals surface area contributed by atoms with Crippen molar-refractivity contribution >= 4 is 17.5 Å². The number of carbonyl (C=O) groups is 2. The first-order chi connectivity index (χ1) is 13.1. The number of aromatic amines is 1. The largest absolute Gasteiger partial charge is 0.495 e. The molecule has 7 heteroatoms. The highest BCUT2D eigenvalue weighted by atomic mass is 16.5. The number of carbonyl (C=O) groups excluding carboxylic acids is 2. The summed E-state index contributed by atoms with van der Waals surface area (Å²) in [6, 6.07) is 7.44. The van der Waals surface area contributed by atoms with Crippen molar-refractivity contribution in [2.24, 2.45) is 5.92 Å². The van der Waals surface area contributed by atoms with Gasteiger partial charge in [0.2, 0.25) is 5.91 Å². The van der Waals surface area contributed by atoms with Crippen LogP contribution in [0.3, 0.4) is 0 Å². The van der Waals surface area contributed by atoms with E-state index in [1.807, 2.05) is 24.3 Å². The molecule has 1 atom stereocenters. The van der Waals surface area contributed by atoms with Gasteiger partial charge in [0.15, 0.2) is 5.69 Å². The predicted molar refractivity (Wildman–Crippen MR) is 101 cm³/mol. The minimum absolute atomic E-state index is 0.0497. The molecule has 2 aromatic rings. The van der Waals surface area contributed by atoms with E-state index in [-0.39, 0.29) is 18.4 Å². The minimum Gasteiger partial charge on any atom is -0.495 e. The molecule has 0 bridgehead atoms. The van der Waals surface area contributed by atoms with Gasteiger partial charge in [-0.1, -0.05) is 19.1 Å². The molecule has 1 aromatic heterocycles. The molecule has 4 rings (SSSR count). The Kier molecular flexibility index (Phi) is 4.59. The number of aryl methyl sites for hydroxylation is 1. The Morgan fingerprint density at radius 2 is 2.11 bits per heavy atom. The molecule has 0 radical (unpaired) electrons. The lowest BCUT2D eigenvalue weighted by Crippen LogP contribution is -2.52. The number of aromatic nitrogens is 2. The van der Waals surface area contributed by atoms with Crippen molar-refractivity contribution in [3.05, 3.63) is 41.2 Å². The van der Waals surface area contributed by atoms with E-state index in [0.717, 1.165) is 36.2 Å². The highest BCUT2D eigenvalue weighted by Gasteiger charge is 2.33. The third kappa shape index (κ3) is 3.18. The molecule has 142 valence electrons. The minimum atomic E-state index is -0.158. The Balaban J connectivity index is 1.51. The number of ether oxygens (including phenoxy) is 1. The highest BCUT2D eigenvalue weighted by molar-refractivity contribution is 6.02. The van der Waals surface area contributed by atoms with Crippen molar-refractivity contribution in [2.45, 2.75) is 26.2 Å². The number of fused-ring (bicyclic) bond motifs is 1. The van der Waals surface area contributed by atoms with Crippen LogP contribution in [0.2, 0.25) is 0 Å². The van der Waals surface area contributed by atoms with E-state index in [4.69, 9.17) is 4.74 Å². The zero-order valence-electron chi connectivity index (χ0n) is 15.7. The Hall–Kier alpha value is -2.83. The zero-order chi connectivity index (χ0) is 19.0. The van der Waals surface area contributed by atoms with Crippen LogP contribution in [0, 0.1) is 5.92 Å². The number of amides is 2. The number of hydrogen-bond donors (Lipinski definition) is 1. The Bertz CT molecular complexity index is 876. The van der Waals surface area contributed by atoms with Crippen molar-refractivity contribution in [1.82, 2.24) is 15.1 Å². The molecule has 1 saturated heterocycles. The van der Waals surface area contributed by atoms with Gasteiger partial charge in [0.25, 0.3) is 5.91 Å². The molecule has 1 N–H and O–H groups in total. The molecule has 1 aliphatic carbocycles. The molecule has 0 unspecified atom stereocenters. The van der Waals surface area contributed by atoms with Gasteiger partial charge in [0.05, 0.1) is 12.8 Å². The first-order valence-electron chi connectivity index (χ1n) is 9.37. The zero-order valence-corrected chi connectivity index (χ0v) is 15.7. The third-order valence-corrected chi connectivity index (χ3v) is 5.48. The maximum atomic E-state index is 13.0. The van der Waals surface area contributed by atoms with Crippen molar-refractivity contribution < 1.29 is 14.3 Å². The number of nitrogens with one attached hydrogen (secondary N) is 1. The number of para-hydroxylation sites is 2. The highest BCUT2D eigenvalue weighted by Crippen LogP contribution is 2.30. The average molecular weight is 368 g/mol. The summed E-state index contributed by atoms with van der Waals surface area (Å²) in [5, 5.41) is 7.29. The molecule has 1 aromatic carbocycles. The summed E-state index contributed by atoms with van der Waals surface area (Å²) in [7, 11) is 1.59. The molecular formula is C20H24N4O3. The van der Waals surface area contributed by atoms with Crippen molar-refractivity contribution in [3.63, 3.8) is 0 Å². The van der Waals surface area contributed by atoms with Crippen LogP contribution in [0.1, 0.15) is 35.1 Å². The second kappa shape index (κ2) is 7.06. The van der Waals surface area contributed by atoms with E-state index < -0.39 is 0 Å². The summed E-state index contributed by atoms with van der Waals surface area (Å²) >= 11 is 0. The van der Waals surface area contributed by atoms with Crippen LogP contribution < -0.4 is 9.64 Å². The van der Waals surface area contributed by atoms with Crippen molar-refractivity contribution in [1.29, 1.82) is 0 Å². The first kappa shape index (κ1) is 17.6. The standard InChI is InChI=1S/C20H24N4O3/c1-13-7-8-15-14(11-13)19(22-21-15)20(26)23-9-10-24(18(25)12-23)16-5-3-4-6-17(16)27-2/h3-6,13H,7-12H2,1-2H3,(H,21,22)/t13-/m0/s1. The smallest absolute Gasteiger partial charge is 0.275 e. The second-order valence-corrected chi connectivity index (χ2v) is 7.32. The van der Waals surface area contributed by atoms with Gasteiger partial charge in [-0.3, -0.25) is 14.7 Å². The summed E-state index contributed by atoms with van der Waals surface area (Å²) in [5.41, 5.74) is 3.31. The quantitative estimate of drug-likeness (QED) is 0.899. The topological polar surface area (TPSA) is 78.5 Å². The van der Waals surface area contributed by atoms with E-state index in [0.29, 0.717) is 30.5 Å². The lowest BCUT2D eigenvalue weighted by molar-refractivity contribution is -0.120. The van der Waals surface area contributed by atoms with Crippen LogP contribution in [0.5, 0.6) is 5.75 Å². The van der Waals surface area contributed by atoms with Gasteiger partial charge in [0, 0.05) is 24.3 Å². The van der Waals surface area contributed by atoms with Gasteiger partial charge < -0.3 is 14.5 Å². The molecule has 7 nitrogen and oxygen atoms in total. The number of benzene rings is 1. The fourth-order valence-corrected chi connectivity index (χ4v) is 3.95. The molecule has 27 heavy (non-hydrogen) atoms. The van der Waals surface area contributed by atoms with Gasteiger partial charge >= 0.3 is 0 Å². The Morgan fingerprint density at radius 1 is 1.30 bits per heavy atom. The van der Waals surface area contributed by atoms with Gasteiger partial charge in [-0.15, -0.1) is 0 Å². The molecule has 2 aliphatic rings. The summed E-state index contributed by atoms with van der Waals surface area (Å²) in [6.45, 7) is 3.15. The molecule has 0 spiro atoms. The monoisotopic (exact) mass is 368 g/mol.